The molecular formula is C10H8BrClN2OS. The third kappa shape index (κ3) is 2.48. The summed E-state index contributed by atoms with van der Waals surface area (Å²) in [5.74, 6) is 0. The number of pyridine rings is 1. The number of thiophene rings is 1. The van der Waals surface area contributed by atoms with Gasteiger partial charge in [-0.2, -0.15) is 0 Å². The molecule has 0 aliphatic rings. The molecule has 2 rings (SSSR count). The monoisotopic (exact) mass is 318 g/mol. The lowest BCUT2D eigenvalue weighted by Crippen LogP contribution is -2.20. The summed E-state index contributed by atoms with van der Waals surface area (Å²) >= 11 is 10.5. The Balaban J connectivity index is 2.38. The van der Waals surface area contributed by atoms with E-state index in [9.17, 15) is 4.79 Å². The minimum absolute atomic E-state index is 0.0984. The lowest BCUT2D eigenvalue weighted by molar-refractivity contribution is 0.767. The first-order valence-electron chi connectivity index (χ1n) is 4.46. The maximum atomic E-state index is 11.8. The second-order valence-corrected chi connectivity index (χ2v) is 5.91. The van der Waals surface area contributed by atoms with Crippen LogP contribution in [0.1, 0.15) is 4.88 Å². The number of nitrogens with zero attached hydrogens (tertiary/aromatic N) is 1. The predicted octanol–water partition coefficient (Wildman–Crippen LogP) is 2.96. The van der Waals surface area contributed by atoms with Crippen LogP contribution in [0.15, 0.2) is 33.7 Å². The van der Waals surface area contributed by atoms with Crippen molar-refractivity contribution in [1.29, 1.82) is 0 Å². The van der Waals surface area contributed by atoms with E-state index in [-0.39, 0.29) is 5.56 Å². The number of aromatic nitrogens is 1. The third-order valence-electron chi connectivity index (χ3n) is 2.02. The van der Waals surface area contributed by atoms with Gasteiger partial charge in [0.15, 0.2) is 0 Å². The molecule has 84 valence electrons. The Morgan fingerprint density at radius 3 is 2.88 bits per heavy atom. The highest BCUT2D eigenvalue weighted by Gasteiger charge is 2.05. The van der Waals surface area contributed by atoms with Crippen LogP contribution < -0.4 is 11.3 Å². The van der Waals surface area contributed by atoms with Gasteiger partial charge in [-0.15, -0.1) is 11.3 Å². The van der Waals surface area contributed by atoms with Crippen LogP contribution in [0, 0.1) is 0 Å². The highest BCUT2D eigenvalue weighted by molar-refractivity contribution is 9.10. The first kappa shape index (κ1) is 11.7. The molecule has 0 aliphatic heterocycles. The van der Waals surface area contributed by atoms with Crippen molar-refractivity contribution in [2.24, 2.45) is 0 Å². The Morgan fingerprint density at radius 2 is 2.25 bits per heavy atom. The number of halogens is 2. The molecule has 0 saturated heterocycles. The number of nitrogens with two attached hydrogens (primary N) is 1. The summed E-state index contributed by atoms with van der Waals surface area (Å²) in [4.78, 5) is 12.8. The van der Waals surface area contributed by atoms with Crippen LogP contribution in [-0.4, -0.2) is 4.57 Å². The second-order valence-electron chi connectivity index (χ2n) is 3.26. The van der Waals surface area contributed by atoms with E-state index in [4.69, 9.17) is 17.3 Å². The normalized spacial score (nSPS) is 10.6. The van der Waals surface area contributed by atoms with Crippen molar-refractivity contribution in [3.05, 3.63) is 48.4 Å². The fourth-order valence-electron chi connectivity index (χ4n) is 1.34. The fraction of sp³-hybridized carbons (Fsp3) is 0.100. The zero-order chi connectivity index (χ0) is 11.7. The standard InChI is InChI=1S/C10H8BrClN2OS/c11-8-3-6(13)4-14(10(8)15)5-7-1-2-9(12)16-7/h1-4H,5,13H2. The molecule has 2 aromatic heterocycles. The number of anilines is 1. The smallest absolute Gasteiger partial charge is 0.265 e. The molecule has 0 unspecified atom stereocenters. The van der Waals surface area contributed by atoms with Gasteiger partial charge in [0, 0.05) is 16.8 Å². The van der Waals surface area contributed by atoms with Crippen LogP contribution in [-0.2, 0) is 6.54 Å². The van der Waals surface area contributed by atoms with Crippen molar-refractivity contribution in [2.75, 3.05) is 5.73 Å². The summed E-state index contributed by atoms with van der Waals surface area (Å²) in [6.45, 7) is 0.486. The molecule has 0 fully saturated rings. The van der Waals surface area contributed by atoms with Crippen molar-refractivity contribution in [3.63, 3.8) is 0 Å². The van der Waals surface area contributed by atoms with Crippen molar-refractivity contribution >= 4 is 44.6 Å². The van der Waals surface area contributed by atoms with E-state index in [1.54, 1.807) is 16.8 Å². The fourth-order valence-corrected chi connectivity index (χ4v) is 2.92. The van der Waals surface area contributed by atoms with Crippen LogP contribution in [0.25, 0.3) is 0 Å². The Hall–Kier alpha value is -0.780. The summed E-state index contributed by atoms with van der Waals surface area (Å²) < 4.78 is 2.74. The Bertz CT molecular complexity index is 578. The summed E-state index contributed by atoms with van der Waals surface area (Å²) in [5, 5.41) is 0. The molecule has 0 aliphatic carbocycles. The van der Waals surface area contributed by atoms with Gasteiger partial charge in [-0.05, 0) is 34.1 Å². The molecule has 0 bridgehead atoms. The van der Waals surface area contributed by atoms with Crippen molar-refractivity contribution in [1.82, 2.24) is 4.57 Å². The lowest BCUT2D eigenvalue weighted by atomic mass is 10.4. The van der Waals surface area contributed by atoms with Crippen molar-refractivity contribution in [2.45, 2.75) is 6.54 Å². The van der Waals surface area contributed by atoms with Gasteiger partial charge in [-0.1, -0.05) is 11.6 Å². The van der Waals surface area contributed by atoms with E-state index in [2.05, 4.69) is 15.9 Å². The summed E-state index contributed by atoms with van der Waals surface area (Å²) in [7, 11) is 0. The SMILES string of the molecule is Nc1cc(Br)c(=O)n(Cc2ccc(Cl)s2)c1. The molecule has 2 heterocycles. The molecule has 2 N–H and O–H groups in total. The molecule has 16 heavy (non-hydrogen) atoms. The first-order valence-corrected chi connectivity index (χ1v) is 6.44. The number of rotatable bonds is 2. The van der Waals surface area contributed by atoms with Gasteiger partial charge in [0.2, 0.25) is 0 Å². The quantitative estimate of drug-likeness (QED) is 0.925. The molecule has 0 amide bonds. The Kier molecular flexibility index (Phi) is 3.37. The van der Waals surface area contributed by atoms with Gasteiger partial charge in [0.25, 0.3) is 5.56 Å². The highest BCUT2D eigenvalue weighted by Crippen LogP contribution is 2.22. The molecule has 0 saturated carbocycles. The molecule has 0 radical (unpaired) electrons. The molecule has 6 heteroatoms. The molecule has 0 aromatic carbocycles. The zero-order valence-electron chi connectivity index (χ0n) is 8.11. The van der Waals surface area contributed by atoms with Crippen molar-refractivity contribution in [3.8, 4) is 0 Å². The molecule has 0 atom stereocenters. The number of nitrogen functional groups attached to an aromatic ring is 1. The predicted molar refractivity (Wildman–Crippen MR) is 71.2 cm³/mol. The van der Waals surface area contributed by atoms with E-state index >= 15 is 0 Å². The van der Waals surface area contributed by atoms with E-state index in [0.717, 1.165) is 4.88 Å². The third-order valence-corrected chi connectivity index (χ3v) is 3.80. The van der Waals surface area contributed by atoms with Crippen LogP contribution in [0.5, 0.6) is 0 Å². The van der Waals surface area contributed by atoms with E-state index in [1.165, 1.54) is 11.3 Å². The molecule has 3 nitrogen and oxygen atoms in total. The van der Waals surface area contributed by atoms with Gasteiger partial charge in [-0.3, -0.25) is 4.79 Å². The maximum Gasteiger partial charge on any atom is 0.265 e. The Labute approximate surface area is 110 Å². The summed E-state index contributed by atoms with van der Waals surface area (Å²) in [6.07, 6.45) is 1.63. The van der Waals surface area contributed by atoms with Gasteiger partial charge >= 0.3 is 0 Å². The van der Waals surface area contributed by atoms with Crippen LogP contribution in [0.3, 0.4) is 0 Å². The molecule has 0 spiro atoms. The van der Waals surface area contributed by atoms with Crippen LogP contribution in [0.2, 0.25) is 4.34 Å². The first-order chi connectivity index (χ1) is 7.56. The maximum absolute atomic E-state index is 11.8. The zero-order valence-corrected chi connectivity index (χ0v) is 11.3. The number of hydrogen-bond acceptors (Lipinski definition) is 3. The van der Waals surface area contributed by atoms with Gasteiger partial charge in [0.1, 0.15) is 0 Å². The van der Waals surface area contributed by atoms with E-state index in [1.807, 2.05) is 12.1 Å². The van der Waals surface area contributed by atoms with Crippen LogP contribution in [0.4, 0.5) is 5.69 Å². The second kappa shape index (κ2) is 4.61. The van der Waals surface area contributed by atoms with Gasteiger partial charge in [-0.25, -0.2) is 0 Å². The van der Waals surface area contributed by atoms with E-state index < -0.39 is 0 Å². The number of hydrogen-bond donors (Lipinski definition) is 1. The summed E-state index contributed by atoms with van der Waals surface area (Å²) in [6, 6.07) is 5.31. The van der Waals surface area contributed by atoms with Crippen molar-refractivity contribution < 1.29 is 0 Å². The average molecular weight is 320 g/mol. The molecular weight excluding hydrogens is 312 g/mol. The highest BCUT2D eigenvalue weighted by atomic mass is 79.9. The minimum atomic E-state index is -0.0984. The van der Waals surface area contributed by atoms with Crippen LogP contribution >= 0.6 is 38.9 Å². The minimum Gasteiger partial charge on any atom is -0.398 e. The van der Waals surface area contributed by atoms with E-state index in [0.29, 0.717) is 21.0 Å². The average Bonchev–Trinajstić information content (AvgIpc) is 2.60. The lowest BCUT2D eigenvalue weighted by Gasteiger charge is -2.05. The van der Waals surface area contributed by atoms with Gasteiger partial charge < -0.3 is 10.3 Å². The van der Waals surface area contributed by atoms with Gasteiger partial charge in [0.05, 0.1) is 15.4 Å². The molecule has 2 aromatic rings. The Morgan fingerprint density at radius 1 is 1.50 bits per heavy atom. The topological polar surface area (TPSA) is 48.0 Å². The largest absolute Gasteiger partial charge is 0.398 e. The summed E-state index contributed by atoms with van der Waals surface area (Å²) in [5.41, 5.74) is 6.13.